The van der Waals surface area contributed by atoms with Crippen molar-refractivity contribution in [3.8, 4) is 0 Å². The maximum atomic E-state index is 11.9. The smallest absolute Gasteiger partial charge is 0.320 e. The number of esters is 2. The van der Waals surface area contributed by atoms with Gasteiger partial charge in [0.25, 0.3) is 0 Å². The Bertz CT molecular complexity index is 383. The Labute approximate surface area is 112 Å². The first-order valence-corrected chi connectivity index (χ1v) is 6.32. The van der Waals surface area contributed by atoms with Crippen molar-refractivity contribution in [3.63, 3.8) is 0 Å². The summed E-state index contributed by atoms with van der Waals surface area (Å²) in [4.78, 5) is 23.9. The van der Waals surface area contributed by atoms with Gasteiger partial charge in [0.1, 0.15) is 0 Å². The van der Waals surface area contributed by atoms with E-state index in [0.29, 0.717) is 0 Å². The van der Waals surface area contributed by atoms with E-state index in [2.05, 4.69) is 0 Å². The Morgan fingerprint density at radius 1 is 1.11 bits per heavy atom. The summed E-state index contributed by atoms with van der Waals surface area (Å²) in [5.74, 6) is -2.09. The number of furan rings is 1. The van der Waals surface area contributed by atoms with Crippen molar-refractivity contribution in [2.75, 3.05) is 0 Å². The second-order valence-electron chi connectivity index (χ2n) is 4.86. The highest BCUT2D eigenvalue weighted by molar-refractivity contribution is 5.95. The number of rotatable bonds is 6. The van der Waals surface area contributed by atoms with E-state index in [4.69, 9.17) is 13.9 Å². The first-order valence-electron chi connectivity index (χ1n) is 6.32. The molecule has 1 aromatic heterocycles. The lowest BCUT2D eigenvalue weighted by molar-refractivity contribution is -0.166. The van der Waals surface area contributed by atoms with Crippen LogP contribution in [0.3, 0.4) is 0 Å². The van der Waals surface area contributed by atoms with E-state index in [-0.39, 0.29) is 18.6 Å². The highest BCUT2D eigenvalue weighted by Crippen LogP contribution is 2.15. The minimum Gasteiger partial charge on any atom is -0.472 e. The van der Waals surface area contributed by atoms with Crippen LogP contribution in [-0.4, -0.2) is 24.1 Å². The van der Waals surface area contributed by atoms with Gasteiger partial charge in [0.2, 0.25) is 0 Å². The standard InChI is InChI=1S/C14H20O5/c1-9(2)18-13(15)12(14(16)19-10(3)4)7-11-5-6-17-8-11/h5-6,8-10,12H,7H2,1-4H3. The van der Waals surface area contributed by atoms with Crippen LogP contribution in [0.25, 0.3) is 0 Å². The van der Waals surface area contributed by atoms with Gasteiger partial charge < -0.3 is 13.9 Å². The largest absolute Gasteiger partial charge is 0.472 e. The summed E-state index contributed by atoms with van der Waals surface area (Å²) < 4.78 is 15.1. The van der Waals surface area contributed by atoms with E-state index in [9.17, 15) is 9.59 Å². The van der Waals surface area contributed by atoms with Crippen molar-refractivity contribution in [2.45, 2.75) is 46.3 Å². The molecule has 0 radical (unpaired) electrons. The first-order chi connectivity index (χ1) is 8.90. The summed E-state index contributed by atoms with van der Waals surface area (Å²) >= 11 is 0. The molecule has 0 bridgehead atoms. The second-order valence-corrected chi connectivity index (χ2v) is 4.86. The Balaban J connectivity index is 2.77. The van der Waals surface area contributed by atoms with E-state index in [1.54, 1.807) is 33.8 Å². The fourth-order valence-corrected chi connectivity index (χ4v) is 1.54. The van der Waals surface area contributed by atoms with Crippen LogP contribution >= 0.6 is 0 Å². The Morgan fingerprint density at radius 3 is 2.00 bits per heavy atom. The second kappa shape index (κ2) is 6.97. The SMILES string of the molecule is CC(C)OC(=O)C(Cc1ccoc1)C(=O)OC(C)C. The minimum absolute atomic E-state index is 0.216. The maximum absolute atomic E-state index is 11.9. The number of ether oxygens (including phenoxy) is 2. The molecular formula is C14H20O5. The molecule has 1 aromatic rings. The van der Waals surface area contributed by atoms with Crippen LogP contribution in [0, 0.1) is 5.92 Å². The van der Waals surface area contributed by atoms with Gasteiger partial charge in [-0.25, -0.2) is 0 Å². The molecule has 1 rings (SSSR count). The Morgan fingerprint density at radius 2 is 1.63 bits per heavy atom. The molecule has 5 nitrogen and oxygen atoms in total. The molecule has 0 atom stereocenters. The number of hydrogen-bond donors (Lipinski definition) is 0. The van der Waals surface area contributed by atoms with E-state index in [1.807, 2.05) is 0 Å². The summed E-state index contributed by atoms with van der Waals surface area (Å²) in [7, 11) is 0. The zero-order valence-corrected chi connectivity index (χ0v) is 11.7. The van der Waals surface area contributed by atoms with Gasteiger partial charge in [-0.3, -0.25) is 9.59 Å². The average Bonchev–Trinajstić information content (AvgIpc) is 2.76. The van der Waals surface area contributed by atoms with Gasteiger partial charge in [-0.05, 0) is 45.7 Å². The topological polar surface area (TPSA) is 65.7 Å². The van der Waals surface area contributed by atoms with E-state index in [1.165, 1.54) is 12.5 Å². The molecule has 106 valence electrons. The fraction of sp³-hybridized carbons (Fsp3) is 0.571. The maximum Gasteiger partial charge on any atom is 0.320 e. The van der Waals surface area contributed by atoms with Crippen molar-refractivity contribution in [2.24, 2.45) is 5.92 Å². The van der Waals surface area contributed by atoms with Gasteiger partial charge in [0.05, 0.1) is 24.7 Å². The lowest BCUT2D eigenvalue weighted by Gasteiger charge is -2.17. The summed E-state index contributed by atoms with van der Waals surface area (Å²) in [6, 6.07) is 1.71. The molecule has 0 N–H and O–H groups in total. The van der Waals surface area contributed by atoms with Crippen LogP contribution in [0.15, 0.2) is 23.0 Å². The van der Waals surface area contributed by atoms with Gasteiger partial charge >= 0.3 is 11.9 Å². The molecule has 0 saturated carbocycles. The number of hydrogen-bond acceptors (Lipinski definition) is 5. The lowest BCUT2D eigenvalue weighted by Crippen LogP contribution is -2.32. The van der Waals surface area contributed by atoms with Crippen LogP contribution in [0.4, 0.5) is 0 Å². The van der Waals surface area contributed by atoms with E-state index < -0.39 is 17.9 Å². The quantitative estimate of drug-likeness (QED) is 0.585. The van der Waals surface area contributed by atoms with Gasteiger partial charge in [0, 0.05) is 0 Å². The molecule has 0 aliphatic rings. The minimum atomic E-state index is -0.956. The third-order valence-corrected chi connectivity index (χ3v) is 2.29. The summed E-state index contributed by atoms with van der Waals surface area (Å²) in [5.41, 5.74) is 0.756. The Hall–Kier alpha value is -1.78. The molecular weight excluding hydrogens is 248 g/mol. The Kier molecular flexibility index (Phi) is 5.60. The monoisotopic (exact) mass is 268 g/mol. The summed E-state index contributed by atoms with van der Waals surface area (Å²) in [6.45, 7) is 6.95. The molecule has 19 heavy (non-hydrogen) atoms. The first kappa shape index (κ1) is 15.3. The molecule has 0 saturated heterocycles. The summed E-state index contributed by atoms with van der Waals surface area (Å²) in [6.07, 6.45) is 2.66. The van der Waals surface area contributed by atoms with E-state index in [0.717, 1.165) is 5.56 Å². The predicted octanol–water partition coefficient (Wildman–Crippen LogP) is 2.34. The zero-order valence-electron chi connectivity index (χ0n) is 11.7. The van der Waals surface area contributed by atoms with Gasteiger partial charge in [-0.2, -0.15) is 0 Å². The highest BCUT2D eigenvalue weighted by Gasteiger charge is 2.31. The van der Waals surface area contributed by atoms with Crippen LogP contribution in [0.1, 0.15) is 33.3 Å². The molecule has 0 fully saturated rings. The third kappa shape index (κ3) is 5.16. The average molecular weight is 268 g/mol. The molecule has 5 heteroatoms. The van der Waals surface area contributed by atoms with Crippen molar-refractivity contribution in [3.05, 3.63) is 24.2 Å². The van der Waals surface area contributed by atoms with Crippen LogP contribution < -0.4 is 0 Å². The highest BCUT2D eigenvalue weighted by atomic mass is 16.6. The predicted molar refractivity (Wildman–Crippen MR) is 68.4 cm³/mol. The molecule has 0 spiro atoms. The fourth-order valence-electron chi connectivity index (χ4n) is 1.54. The van der Waals surface area contributed by atoms with Crippen molar-refractivity contribution >= 4 is 11.9 Å². The van der Waals surface area contributed by atoms with Crippen molar-refractivity contribution in [1.29, 1.82) is 0 Å². The van der Waals surface area contributed by atoms with Gasteiger partial charge in [0.15, 0.2) is 5.92 Å². The molecule has 0 aliphatic carbocycles. The van der Waals surface area contributed by atoms with Crippen LogP contribution in [-0.2, 0) is 25.5 Å². The third-order valence-electron chi connectivity index (χ3n) is 2.29. The normalized spacial score (nSPS) is 11.1. The summed E-state index contributed by atoms with van der Waals surface area (Å²) in [5, 5.41) is 0. The number of carbonyl (C=O) groups excluding carboxylic acids is 2. The van der Waals surface area contributed by atoms with Crippen LogP contribution in [0.2, 0.25) is 0 Å². The molecule has 0 aromatic carbocycles. The van der Waals surface area contributed by atoms with Gasteiger partial charge in [-0.15, -0.1) is 0 Å². The van der Waals surface area contributed by atoms with Gasteiger partial charge in [-0.1, -0.05) is 0 Å². The lowest BCUT2D eigenvalue weighted by atomic mass is 10.0. The molecule has 0 aliphatic heterocycles. The zero-order chi connectivity index (χ0) is 14.4. The van der Waals surface area contributed by atoms with Crippen LogP contribution in [0.5, 0.6) is 0 Å². The molecule has 0 unspecified atom stereocenters. The number of carbonyl (C=O) groups is 2. The van der Waals surface area contributed by atoms with Crippen molar-refractivity contribution in [1.82, 2.24) is 0 Å². The molecule has 1 heterocycles. The van der Waals surface area contributed by atoms with E-state index >= 15 is 0 Å². The molecule has 0 amide bonds. The van der Waals surface area contributed by atoms with Crippen molar-refractivity contribution < 1.29 is 23.5 Å².